The third-order valence-corrected chi connectivity index (χ3v) is 7.66. The van der Waals surface area contributed by atoms with Crippen LogP contribution in [0, 0.1) is 11.8 Å². The fraction of sp³-hybridized carbons (Fsp3) is 0.786. The number of ether oxygens (including phenoxy) is 2. The maximum absolute atomic E-state index is 14.4. The van der Waals surface area contributed by atoms with Gasteiger partial charge < -0.3 is 9.47 Å². The minimum absolute atomic E-state index is 0.0582. The molecule has 0 atom stereocenters. The van der Waals surface area contributed by atoms with E-state index in [9.17, 15) is 8.78 Å². The monoisotopic (exact) mass is 450 g/mol. The summed E-state index contributed by atoms with van der Waals surface area (Å²) in [7, 11) is 0. The van der Waals surface area contributed by atoms with Crippen molar-refractivity contribution < 1.29 is 18.3 Å². The third kappa shape index (κ3) is 8.32. The molecule has 182 valence electrons. The van der Waals surface area contributed by atoms with Gasteiger partial charge >= 0.3 is 6.11 Å². The van der Waals surface area contributed by atoms with E-state index in [-0.39, 0.29) is 11.9 Å². The highest BCUT2D eigenvalue weighted by molar-refractivity contribution is 5.30. The quantitative estimate of drug-likeness (QED) is 0.296. The summed E-state index contributed by atoms with van der Waals surface area (Å²) in [4.78, 5) is 0. The lowest BCUT2D eigenvalue weighted by molar-refractivity contribution is -0.222. The number of rotatable bonds is 12. The fourth-order valence-corrected chi connectivity index (χ4v) is 5.69. The summed E-state index contributed by atoms with van der Waals surface area (Å²) in [5.41, 5.74) is 1.25. The topological polar surface area (TPSA) is 18.5 Å². The number of benzene rings is 1. The van der Waals surface area contributed by atoms with E-state index in [0.29, 0.717) is 5.92 Å². The predicted octanol–water partition coefficient (Wildman–Crippen LogP) is 8.89. The summed E-state index contributed by atoms with van der Waals surface area (Å²) in [6.45, 7) is 3.81. The van der Waals surface area contributed by atoms with Crippen LogP contribution in [0.5, 0.6) is 5.75 Å². The molecule has 0 heterocycles. The molecule has 0 N–H and O–H groups in total. The fourth-order valence-electron chi connectivity index (χ4n) is 5.69. The lowest BCUT2D eigenvalue weighted by Gasteiger charge is -2.30. The molecule has 0 saturated heterocycles. The highest BCUT2D eigenvalue weighted by Gasteiger charge is 2.34. The van der Waals surface area contributed by atoms with E-state index < -0.39 is 12.7 Å². The van der Waals surface area contributed by atoms with Gasteiger partial charge in [-0.05, 0) is 86.8 Å². The zero-order chi connectivity index (χ0) is 22.8. The highest BCUT2D eigenvalue weighted by Crippen LogP contribution is 2.38. The second-order valence-corrected chi connectivity index (χ2v) is 10.3. The van der Waals surface area contributed by atoms with Crippen molar-refractivity contribution in [3.63, 3.8) is 0 Å². The van der Waals surface area contributed by atoms with Crippen LogP contribution >= 0.6 is 0 Å². The molecule has 0 spiro atoms. The number of hydrogen-bond donors (Lipinski definition) is 0. The Hall–Kier alpha value is -1.16. The highest BCUT2D eigenvalue weighted by atomic mass is 19.3. The van der Waals surface area contributed by atoms with Gasteiger partial charge in [-0.2, -0.15) is 8.78 Å². The van der Waals surface area contributed by atoms with Gasteiger partial charge in [0.25, 0.3) is 0 Å². The molecule has 2 aliphatic carbocycles. The van der Waals surface area contributed by atoms with Crippen LogP contribution in [0.3, 0.4) is 0 Å². The molecule has 2 fully saturated rings. The first kappa shape index (κ1) is 25.5. The van der Waals surface area contributed by atoms with Crippen LogP contribution in [-0.2, 0) is 4.74 Å². The Morgan fingerprint density at radius 2 is 1.41 bits per heavy atom. The third-order valence-electron chi connectivity index (χ3n) is 7.66. The molecule has 1 aromatic rings. The van der Waals surface area contributed by atoms with Gasteiger partial charge in [0.1, 0.15) is 5.75 Å². The van der Waals surface area contributed by atoms with Crippen LogP contribution in [0.1, 0.15) is 115 Å². The van der Waals surface area contributed by atoms with Crippen molar-refractivity contribution in [1.29, 1.82) is 0 Å². The van der Waals surface area contributed by atoms with Crippen LogP contribution in [-0.4, -0.2) is 18.8 Å². The second kappa shape index (κ2) is 12.9. The van der Waals surface area contributed by atoms with Crippen molar-refractivity contribution in [3.8, 4) is 5.75 Å². The molecule has 0 aromatic heterocycles. The Balaban J connectivity index is 1.38. The Bertz CT molecular complexity index is 629. The van der Waals surface area contributed by atoms with Gasteiger partial charge in [0.2, 0.25) is 0 Å². The summed E-state index contributed by atoms with van der Waals surface area (Å²) >= 11 is 0. The van der Waals surface area contributed by atoms with Crippen molar-refractivity contribution in [2.24, 2.45) is 11.8 Å². The van der Waals surface area contributed by atoms with Gasteiger partial charge in [0.05, 0.1) is 6.10 Å². The molecule has 0 amide bonds. The molecule has 3 rings (SSSR count). The van der Waals surface area contributed by atoms with E-state index in [2.05, 4.69) is 13.8 Å². The normalized spacial score (nSPS) is 26.8. The van der Waals surface area contributed by atoms with Crippen molar-refractivity contribution in [3.05, 3.63) is 29.8 Å². The molecule has 0 bridgehead atoms. The van der Waals surface area contributed by atoms with Gasteiger partial charge in [-0.15, -0.1) is 0 Å². The zero-order valence-electron chi connectivity index (χ0n) is 20.3. The van der Waals surface area contributed by atoms with E-state index >= 15 is 0 Å². The standard InChI is InChI=1S/C28H44F2O2/c1-3-5-6-8-23-11-17-26(18-12-23)31-21-28(29,30)32-27-19-15-25(16-20-27)24-13-9-22(7-4-2)10-14-24/h15-16,19-20,22-24,26H,3-14,17-18,21H2,1-2H3. The number of halogens is 2. The summed E-state index contributed by atoms with van der Waals surface area (Å²) < 4.78 is 39.3. The van der Waals surface area contributed by atoms with Crippen LogP contribution in [0.4, 0.5) is 8.78 Å². The Kier molecular flexibility index (Phi) is 10.3. The summed E-state index contributed by atoms with van der Waals surface area (Å²) in [6.07, 6.45) is 13.3. The Morgan fingerprint density at radius 3 is 2.03 bits per heavy atom. The van der Waals surface area contributed by atoms with Gasteiger partial charge in [0.15, 0.2) is 6.61 Å². The first-order chi connectivity index (χ1) is 15.5. The van der Waals surface area contributed by atoms with E-state index in [1.807, 2.05) is 12.1 Å². The number of alkyl halides is 2. The molecule has 32 heavy (non-hydrogen) atoms. The first-order valence-corrected chi connectivity index (χ1v) is 13.3. The largest absolute Gasteiger partial charge is 0.431 e. The lowest BCUT2D eigenvalue weighted by Crippen LogP contribution is -2.34. The minimum atomic E-state index is -3.29. The van der Waals surface area contributed by atoms with Gasteiger partial charge in [-0.25, -0.2) is 0 Å². The molecule has 0 aliphatic heterocycles. The van der Waals surface area contributed by atoms with Crippen LogP contribution < -0.4 is 4.74 Å². The molecule has 0 unspecified atom stereocenters. The zero-order valence-corrected chi connectivity index (χ0v) is 20.3. The first-order valence-electron chi connectivity index (χ1n) is 13.3. The van der Waals surface area contributed by atoms with E-state index in [1.54, 1.807) is 12.1 Å². The van der Waals surface area contributed by atoms with Crippen LogP contribution in [0.2, 0.25) is 0 Å². The summed E-state index contributed by atoms with van der Waals surface area (Å²) in [5, 5.41) is 0. The van der Waals surface area contributed by atoms with Gasteiger partial charge in [0, 0.05) is 0 Å². The number of unbranched alkanes of at least 4 members (excludes halogenated alkanes) is 2. The van der Waals surface area contributed by atoms with E-state index in [4.69, 9.17) is 9.47 Å². The molecule has 2 nitrogen and oxygen atoms in total. The summed E-state index contributed by atoms with van der Waals surface area (Å²) in [6, 6.07) is 7.33. The smallest absolute Gasteiger partial charge is 0.421 e. The average Bonchev–Trinajstić information content (AvgIpc) is 2.80. The average molecular weight is 451 g/mol. The predicted molar refractivity (Wildman–Crippen MR) is 127 cm³/mol. The van der Waals surface area contributed by atoms with E-state index in [1.165, 1.54) is 69.8 Å². The maximum Gasteiger partial charge on any atom is 0.421 e. The second-order valence-electron chi connectivity index (χ2n) is 10.3. The van der Waals surface area contributed by atoms with Gasteiger partial charge in [-0.3, -0.25) is 0 Å². The van der Waals surface area contributed by atoms with E-state index in [0.717, 1.165) is 37.5 Å². The minimum Gasteiger partial charge on any atom is -0.431 e. The molecule has 4 heteroatoms. The Morgan fingerprint density at radius 1 is 0.781 bits per heavy atom. The summed E-state index contributed by atoms with van der Waals surface area (Å²) in [5.74, 6) is 2.40. The van der Waals surface area contributed by atoms with Crippen LogP contribution in [0.25, 0.3) is 0 Å². The maximum atomic E-state index is 14.4. The molecule has 0 radical (unpaired) electrons. The molecule has 2 saturated carbocycles. The van der Waals surface area contributed by atoms with Crippen molar-refractivity contribution in [2.75, 3.05) is 6.61 Å². The number of hydrogen-bond acceptors (Lipinski definition) is 2. The van der Waals surface area contributed by atoms with Gasteiger partial charge in [-0.1, -0.05) is 64.5 Å². The van der Waals surface area contributed by atoms with Crippen molar-refractivity contribution >= 4 is 0 Å². The van der Waals surface area contributed by atoms with Crippen molar-refractivity contribution in [1.82, 2.24) is 0 Å². The van der Waals surface area contributed by atoms with Crippen molar-refractivity contribution in [2.45, 2.75) is 122 Å². The molecular formula is C28H44F2O2. The molecule has 1 aromatic carbocycles. The van der Waals surface area contributed by atoms with Crippen LogP contribution in [0.15, 0.2) is 24.3 Å². The molecule has 2 aliphatic rings. The SMILES string of the molecule is CCCCCC1CCC(OCC(F)(F)Oc2ccc(C3CCC(CCC)CC3)cc2)CC1. The Labute approximate surface area is 194 Å². The lowest BCUT2D eigenvalue weighted by atomic mass is 9.77. The molecular weight excluding hydrogens is 406 g/mol.